The summed E-state index contributed by atoms with van der Waals surface area (Å²) < 4.78 is 12.8. The SMILES string of the molecule is CCCC(NCc1cc(Br)cc(OC)c1OCc1ccccc1)c1ccccc1.Cl. The van der Waals surface area contributed by atoms with Gasteiger partial charge in [-0.1, -0.05) is 89.9 Å². The molecule has 3 aromatic carbocycles. The Labute approximate surface area is 194 Å². The van der Waals surface area contributed by atoms with Gasteiger partial charge in [0.05, 0.1) is 7.11 Å². The largest absolute Gasteiger partial charge is 0.493 e. The fourth-order valence-electron chi connectivity index (χ4n) is 3.39. The summed E-state index contributed by atoms with van der Waals surface area (Å²) in [6, 6.07) is 25.1. The zero-order chi connectivity index (χ0) is 20.5. The Kier molecular flexibility index (Phi) is 10.2. The van der Waals surface area contributed by atoms with E-state index in [1.54, 1.807) is 7.11 Å². The third-order valence-corrected chi connectivity index (χ3v) is 5.32. The van der Waals surface area contributed by atoms with E-state index in [-0.39, 0.29) is 12.4 Å². The number of hydrogen-bond acceptors (Lipinski definition) is 3. The lowest BCUT2D eigenvalue weighted by Gasteiger charge is -2.21. The van der Waals surface area contributed by atoms with Crippen LogP contribution in [0, 0.1) is 0 Å². The molecule has 0 radical (unpaired) electrons. The van der Waals surface area contributed by atoms with Crippen LogP contribution < -0.4 is 14.8 Å². The molecule has 0 heterocycles. The molecule has 3 nitrogen and oxygen atoms in total. The summed E-state index contributed by atoms with van der Waals surface area (Å²) in [6.07, 6.45) is 2.20. The maximum absolute atomic E-state index is 6.21. The van der Waals surface area contributed by atoms with Gasteiger partial charge in [-0.05, 0) is 29.7 Å². The highest BCUT2D eigenvalue weighted by molar-refractivity contribution is 9.10. The van der Waals surface area contributed by atoms with Crippen LogP contribution in [0.3, 0.4) is 0 Å². The van der Waals surface area contributed by atoms with Gasteiger partial charge in [-0.15, -0.1) is 12.4 Å². The number of rotatable bonds is 10. The van der Waals surface area contributed by atoms with Gasteiger partial charge in [-0.3, -0.25) is 0 Å². The van der Waals surface area contributed by atoms with E-state index in [1.807, 2.05) is 24.3 Å². The number of ether oxygens (including phenoxy) is 2. The molecule has 1 N–H and O–H groups in total. The Morgan fingerprint density at radius 1 is 0.967 bits per heavy atom. The molecule has 1 unspecified atom stereocenters. The smallest absolute Gasteiger partial charge is 0.166 e. The summed E-state index contributed by atoms with van der Waals surface area (Å²) in [5.41, 5.74) is 3.51. The van der Waals surface area contributed by atoms with Crippen LogP contribution in [0.5, 0.6) is 11.5 Å². The van der Waals surface area contributed by atoms with Crippen molar-refractivity contribution in [2.75, 3.05) is 7.11 Å². The fraction of sp³-hybridized carbons (Fsp3) is 0.280. The molecule has 0 amide bonds. The van der Waals surface area contributed by atoms with Crippen molar-refractivity contribution in [1.29, 1.82) is 0 Å². The highest BCUT2D eigenvalue weighted by Gasteiger charge is 2.16. The Balaban J connectivity index is 0.00000320. The van der Waals surface area contributed by atoms with Gasteiger partial charge in [0.25, 0.3) is 0 Å². The first-order valence-corrected chi connectivity index (χ1v) is 10.8. The van der Waals surface area contributed by atoms with Crippen LogP contribution in [0.2, 0.25) is 0 Å². The first kappa shape index (κ1) is 24.3. The molecule has 3 rings (SSSR count). The molecular weight excluding hydrogens is 462 g/mol. The van der Waals surface area contributed by atoms with E-state index in [0.29, 0.717) is 19.2 Å². The van der Waals surface area contributed by atoms with Crippen molar-refractivity contribution in [1.82, 2.24) is 5.32 Å². The van der Waals surface area contributed by atoms with Gasteiger partial charge in [0.2, 0.25) is 0 Å². The molecule has 0 aliphatic rings. The molecule has 0 spiro atoms. The molecule has 0 bridgehead atoms. The Bertz CT molecular complexity index is 890. The van der Waals surface area contributed by atoms with Crippen molar-refractivity contribution in [3.63, 3.8) is 0 Å². The van der Waals surface area contributed by atoms with Crippen LogP contribution in [-0.2, 0) is 13.2 Å². The van der Waals surface area contributed by atoms with Crippen molar-refractivity contribution in [2.24, 2.45) is 0 Å². The van der Waals surface area contributed by atoms with Gasteiger partial charge in [-0.25, -0.2) is 0 Å². The van der Waals surface area contributed by atoms with Crippen LogP contribution in [0.4, 0.5) is 0 Å². The van der Waals surface area contributed by atoms with E-state index in [1.165, 1.54) is 5.56 Å². The zero-order valence-electron chi connectivity index (χ0n) is 17.4. The topological polar surface area (TPSA) is 30.5 Å². The van der Waals surface area contributed by atoms with E-state index in [4.69, 9.17) is 9.47 Å². The van der Waals surface area contributed by atoms with Crippen molar-refractivity contribution < 1.29 is 9.47 Å². The average molecular weight is 491 g/mol. The second-order valence-electron chi connectivity index (χ2n) is 7.00. The Morgan fingerprint density at radius 3 is 2.27 bits per heavy atom. The molecule has 0 fully saturated rings. The first-order chi connectivity index (χ1) is 14.2. The van der Waals surface area contributed by atoms with Crippen LogP contribution >= 0.6 is 28.3 Å². The first-order valence-electron chi connectivity index (χ1n) is 10.0. The Morgan fingerprint density at radius 2 is 1.63 bits per heavy atom. The number of nitrogens with one attached hydrogen (secondary N) is 1. The third kappa shape index (κ3) is 6.76. The molecule has 0 aromatic heterocycles. The normalized spacial score (nSPS) is 11.4. The lowest BCUT2D eigenvalue weighted by Crippen LogP contribution is -2.21. The van der Waals surface area contributed by atoms with Gasteiger partial charge in [0.1, 0.15) is 6.61 Å². The molecule has 30 heavy (non-hydrogen) atoms. The van der Waals surface area contributed by atoms with Crippen molar-refractivity contribution in [2.45, 2.75) is 39.0 Å². The fourth-order valence-corrected chi connectivity index (χ4v) is 3.88. The van der Waals surface area contributed by atoms with Crippen LogP contribution in [0.25, 0.3) is 0 Å². The van der Waals surface area contributed by atoms with Crippen molar-refractivity contribution in [3.05, 3.63) is 94.0 Å². The van der Waals surface area contributed by atoms with Gasteiger partial charge in [0, 0.05) is 22.6 Å². The minimum atomic E-state index is 0. The van der Waals surface area contributed by atoms with Gasteiger partial charge in [0.15, 0.2) is 11.5 Å². The van der Waals surface area contributed by atoms with Crippen LogP contribution in [-0.4, -0.2) is 7.11 Å². The molecule has 160 valence electrons. The minimum Gasteiger partial charge on any atom is -0.493 e. The van der Waals surface area contributed by atoms with Gasteiger partial charge < -0.3 is 14.8 Å². The zero-order valence-corrected chi connectivity index (χ0v) is 19.8. The van der Waals surface area contributed by atoms with Gasteiger partial charge in [-0.2, -0.15) is 0 Å². The lowest BCUT2D eigenvalue weighted by atomic mass is 10.0. The van der Waals surface area contributed by atoms with E-state index in [2.05, 4.69) is 76.7 Å². The summed E-state index contributed by atoms with van der Waals surface area (Å²) in [7, 11) is 1.68. The van der Waals surface area contributed by atoms with Crippen molar-refractivity contribution >= 4 is 28.3 Å². The Hall–Kier alpha value is -2.01. The molecule has 0 aliphatic heterocycles. The van der Waals surface area contributed by atoms with Crippen LogP contribution in [0.1, 0.15) is 42.5 Å². The van der Waals surface area contributed by atoms with E-state index in [0.717, 1.165) is 39.9 Å². The number of hydrogen-bond donors (Lipinski definition) is 1. The van der Waals surface area contributed by atoms with E-state index in [9.17, 15) is 0 Å². The standard InChI is InChI=1S/C25H28BrNO2.ClH/c1-3-10-23(20-13-8-5-9-14-20)27-17-21-15-22(26)16-24(28-2)25(21)29-18-19-11-6-4-7-12-19;/h4-9,11-16,23,27H,3,10,17-18H2,1-2H3;1H. The second kappa shape index (κ2) is 12.6. The molecule has 0 aliphatic carbocycles. The molecular formula is C25H29BrClNO2. The second-order valence-corrected chi connectivity index (χ2v) is 7.92. The predicted octanol–water partition coefficient (Wildman–Crippen LogP) is 7.09. The van der Waals surface area contributed by atoms with Crippen LogP contribution in [0.15, 0.2) is 77.3 Å². The van der Waals surface area contributed by atoms with E-state index < -0.39 is 0 Å². The summed E-state index contributed by atoms with van der Waals surface area (Å²) >= 11 is 3.60. The van der Waals surface area contributed by atoms with Crippen molar-refractivity contribution in [3.8, 4) is 11.5 Å². The molecule has 0 saturated heterocycles. The van der Waals surface area contributed by atoms with E-state index >= 15 is 0 Å². The average Bonchev–Trinajstić information content (AvgIpc) is 2.76. The monoisotopic (exact) mass is 489 g/mol. The summed E-state index contributed by atoms with van der Waals surface area (Å²) in [5, 5.41) is 3.71. The minimum absolute atomic E-state index is 0. The highest BCUT2D eigenvalue weighted by atomic mass is 79.9. The van der Waals surface area contributed by atoms with Gasteiger partial charge >= 0.3 is 0 Å². The number of benzene rings is 3. The maximum Gasteiger partial charge on any atom is 0.166 e. The lowest BCUT2D eigenvalue weighted by molar-refractivity contribution is 0.280. The quantitative estimate of drug-likeness (QED) is 0.329. The molecule has 0 saturated carbocycles. The molecule has 1 atom stereocenters. The highest BCUT2D eigenvalue weighted by Crippen LogP contribution is 2.36. The number of methoxy groups -OCH3 is 1. The molecule has 3 aromatic rings. The molecule has 5 heteroatoms. The summed E-state index contributed by atoms with van der Waals surface area (Å²) in [6.45, 7) is 3.41. The maximum atomic E-state index is 6.21. The summed E-state index contributed by atoms with van der Waals surface area (Å²) in [4.78, 5) is 0. The predicted molar refractivity (Wildman–Crippen MR) is 130 cm³/mol. The third-order valence-electron chi connectivity index (χ3n) is 4.86. The number of halogens is 2. The summed E-state index contributed by atoms with van der Waals surface area (Å²) in [5.74, 6) is 1.52.